The molecule has 1 N–H and O–H groups in total. The van der Waals surface area contributed by atoms with Gasteiger partial charge in [0, 0.05) is 18.1 Å². The second kappa shape index (κ2) is 8.33. The summed E-state index contributed by atoms with van der Waals surface area (Å²) in [6.07, 6.45) is 0. The number of benzene rings is 2. The highest BCUT2D eigenvalue weighted by atomic mass is 35.5. The highest BCUT2D eigenvalue weighted by Crippen LogP contribution is 2.33. The van der Waals surface area contributed by atoms with Gasteiger partial charge in [-0.3, -0.25) is 4.79 Å². The summed E-state index contributed by atoms with van der Waals surface area (Å²) in [5, 5.41) is 3.67. The van der Waals surface area contributed by atoms with Crippen LogP contribution < -0.4 is 10.2 Å². The van der Waals surface area contributed by atoms with Crippen molar-refractivity contribution in [3.63, 3.8) is 0 Å². The molecule has 0 saturated carbocycles. The average molecular weight is 424 g/mol. The Morgan fingerprint density at radius 2 is 1.89 bits per heavy atom. The summed E-state index contributed by atoms with van der Waals surface area (Å²) in [6.45, 7) is 2.76. The van der Waals surface area contributed by atoms with E-state index in [0.29, 0.717) is 29.0 Å². The van der Waals surface area contributed by atoms with Crippen molar-refractivity contribution in [1.29, 1.82) is 0 Å². The van der Waals surface area contributed by atoms with E-state index >= 15 is 0 Å². The van der Waals surface area contributed by atoms with E-state index in [2.05, 4.69) is 9.71 Å². The van der Waals surface area contributed by atoms with Gasteiger partial charge in [0.05, 0.1) is 11.4 Å². The first-order valence-electron chi connectivity index (χ1n) is 8.27. The molecule has 0 spiro atoms. The van der Waals surface area contributed by atoms with Crippen molar-refractivity contribution in [3.8, 4) is 0 Å². The lowest BCUT2D eigenvalue weighted by molar-refractivity contribution is -0.118. The van der Waals surface area contributed by atoms with Gasteiger partial charge in [0.15, 0.2) is 5.17 Å². The number of nitrogens with zero attached hydrogens (tertiary/aromatic N) is 2. The largest absolute Gasteiger partial charge is 0.351 e. The molecule has 0 aromatic heterocycles. The predicted molar refractivity (Wildman–Crippen MR) is 110 cm³/mol. The molecule has 1 aliphatic rings. The Kier molecular flexibility index (Phi) is 6.08. The Morgan fingerprint density at radius 1 is 1.19 bits per heavy atom. The predicted octanol–water partition coefficient (Wildman–Crippen LogP) is 3.27. The molecule has 0 bridgehead atoms. The number of nitrogens with one attached hydrogen (secondary N) is 1. The van der Waals surface area contributed by atoms with E-state index in [1.54, 1.807) is 29.2 Å². The number of halogens is 1. The van der Waals surface area contributed by atoms with Crippen molar-refractivity contribution in [2.75, 3.05) is 17.2 Å². The molecule has 0 aliphatic carbocycles. The Morgan fingerprint density at radius 3 is 2.63 bits per heavy atom. The van der Waals surface area contributed by atoms with E-state index in [1.165, 1.54) is 6.07 Å². The molecular weight excluding hydrogens is 406 g/mol. The second-order valence-corrected chi connectivity index (χ2v) is 8.64. The van der Waals surface area contributed by atoms with Crippen LogP contribution in [0.15, 0.2) is 57.8 Å². The van der Waals surface area contributed by atoms with Crippen LogP contribution in [0.3, 0.4) is 0 Å². The fourth-order valence-corrected chi connectivity index (χ4v) is 5.18. The quantitative estimate of drug-likeness (QED) is 0.798. The minimum Gasteiger partial charge on any atom is -0.351 e. The Hall–Kier alpha value is -2.03. The number of fused-ring (bicyclic) bond motifs is 1. The zero-order valence-electron chi connectivity index (χ0n) is 14.6. The van der Waals surface area contributed by atoms with E-state index in [-0.39, 0.29) is 16.6 Å². The number of anilines is 1. The summed E-state index contributed by atoms with van der Waals surface area (Å²) in [5.74, 6) is -0.174. The van der Waals surface area contributed by atoms with Gasteiger partial charge in [0.25, 0.3) is 10.0 Å². The lowest BCUT2D eigenvalue weighted by Crippen LogP contribution is -2.35. The minimum absolute atomic E-state index is 0.0530. The lowest BCUT2D eigenvalue weighted by atomic mass is 10.2. The van der Waals surface area contributed by atoms with Gasteiger partial charge in [0.1, 0.15) is 4.90 Å². The molecule has 27 heavy (non-hydrogen) atoms. The van der Waals surface area contributed by atoms with Gasteiger partial charge in [-0.25, -0.2) is 0 Å². The van der Waals surface area contributed by atoms with Gasteiger partial charge >= 0.3 is 0 Å². The fraction of sp³-hybridized carbons (Fsp3) is 0.222. The molecule has 0 saturated heterocycles. The smallest absolute Gasteiger partial charge is 0.286 e. The molecule has 9 heteroatoms. The number of hydrogen-bond acceptors (Lipinski definition) is 5. The first-order chi connectivity index (χ1) is 12.9. The van der Waals surface area contributed by atoms with Crippen molar-refractivity contribution >= 4 is 50.1 Å². The maximum Gasteiger partial charge on any atom is 0.286 e. The van der Waals surface area contributed by atoms with E-state index in [9.17, 15) is 13.2 Å². The molecule has 1 amide bonds. The number of sulfonamides is 1. The Labute approximate surface area is 167 Å². The van der Waals surface area contributed by atoms with Crippen LogP contribution in [0.1, 0.15) is 12.5 Å². The third kappa shape index (κ3) is 4.45. The number of para-hydroxylation sites is 1. The molecule has 0 atom stereocenters. The van der Waals surface area contributed by atoms with Crippen molar-refractivity contribution in [3.05, 3.63) is 59.1 Å². The zero-order valence-corrected chi connectivity index (χ0v) is 16.9. The molecular formula is C18H18ClN3O3S2. The topological polar surface area (TPSA) is 78.8 Å². The molecule has 0 fully saturated rings. The second-order valence-electron chi connectivity index (χ2n) is 5.72. The van der Waals surface area contributed by atoms with E-state index < -0.39 is 10.0 Å². The van der Waals surface area contributed by atoms with Crippen LogP contribution in [0.4, 0.5) is 5.69 Å². The van der Waals surface area contributed by atoms with Gasteiger partial charge in [-0.05, 0) is 30.7 Å². The van der Waals surface area contributed by atoms with Crippen LogP contribution in [0.5, 0.6) is 0 Å². The monoisotopic (exact) mass is 423 g/mol. The molecule has 2 aromatic carbocycles. The van der Waals surface area contributed by atoms with Crippen molar-refractivity contribution < 1.29 is 13.2 Å². The molecule has 0 radical (unpaired) electrons. The van der Waals surface area contributed by atoms with Crippen LogP contribution in [0, 0.1) is 0 Å². The number of hydrogen-bond donors (Lipinski definition) is 1. The maximum absolute atomic E-state index is 12.4. The van der Waals surface area contributed by atoms with Crippen molar-refractivity contribution in [2.45, 2.75) is 18.4 Å². The van der Waals surface area contributed by atoms with E-state index in [0.717, 1.165) is 17.3 Å². The third-order valence-corrected chi connectivity index (χ3v) is 6.72. The van der Waals surface area contributed by atoms with Crippen molar-refractivity contribution in [1.82, 2.24) is 5.32 Å². The normalized spacial score (nSPS) is 15.0. The first-order valence-corrected chi connectivity index (χ1v) is 11.1. The minimum atomic E-state index is -3.77. The van der Waals surface area contributed by atoms with Crippen LogP contribution in [0.25, 0.3) is 0 Å². The summed E-state index contributed by atoms with van der Waals surface area (Å²) in [6, 6.07) is 14.0. The third-order valence-electron chi connectivity index (χ3n) is 3.95. The summed E-state index contributed by atoms with van der Waals surface area (Å²) in [4.78, 5) is 14.1. The Balaban J connectivity index is 1.67. The number of amides is 1. The molecule has 2 aromatic rings. The van der Waals surface area contributed by atoms with Gasteiger partial charge < -0.3 is 10.2 Å². The fourth-order valence-electron chi connectivity index (χ4n) is 2.63. The number of carbonyl (C=O) groups excluding carboxylic acids is 1. The molecule has 1 heterocycles. The number of rotatable bonds is 5. The number of amidine groups is 1. The number of thioether (sulfide) groups is 1. The summed E-state index contributed by atoms with van der Waals surface area (Å²) >= 11 is 7.17. The standard InChI is InChI=1S/C18H18ClN3O3S2/c1-2-22-15-9-5-6-10-16(15)27(24,25)21-18(22)26-12-17(23)20-11-13-7-3-4-8-14(13)19/h3-10H,2,11-12H2,1H3,(H,20,23). The maximum atomic E-state index is 12.4. The molecule has 142 valence electrons. The molecule has 0 unspecified atom stereocenters. The molecule has 3 rings (SSSR count). The van der Waals surface area contributed by atoms with E-state index in [4.69, 9.17) is 11.6 Å². The lowest BCUT2D eigenvalue weighted by Gasteiger charge is -2.29. The van der Waals surface area contributed by atoms with Crippen molar-refractivity contribution in [2.24, 2.45) is 4.40 Å². The number of carbonyl (C=O) groups is 1. The highest BCUT2D eigenvalue weighted by molar-refractivity contribution is 8.15. The molecule has 1 aliphatic heterocycles. The summed E-state index contributed by atoms with van der Waals surface area (Å²) in [5.41, 5.74) is 1.40. The zero-order chi connectivity index (χ0) is 19.4. The first kappa shape index (κ1) is 19.7. The van der Waals surface area contributed by atoms with Crippen LogP contribution in [-0.4, -0.2) is 31.8 Å². The Bertz CT molecular complexity index is 993. The van der Waals surface area contributed by atoms with Gasteiger partial charge in [-0.2, -0.15) is 8.42 Å². The SMILES string of the molecule is CCN1C(SCC(=O)NCc2ccccc2Cl)=NS(=O)(=O)c2ccccc21. The highest BCUT2D eigenvalue weighted by Gasteiger charge is 2.30. The molecule has 6 nitrogen and oxygen atoms in total. The van der Waals surface area contributed by atoms with Crippen LogP contribution in [-0.2, 0) is 21.4 Å². The van der Waals surface area contributed by atoms with Gasteiger partial charge in [-0.1, -0.05) is 53.7 Å². The summed E-state index contributed by atoms with van der Waals surface area (Å²) < 4.78 is 28.7. The van der Waals surface area contributed by atoms with Gasteiger partial charge in [0.2, 0.25) is 5.91 Å². The summed E-state index contributed by atoms with van der Waals surface area (Å²) in [7, 11) is -3.77. The van der Waals surface area contributed by atoms with Crippen LogP contribution >= 0.6 is 23.4 Å². The average Bonchev–Trinajstić information content (AvgIpc) is 2.65. The van der Waals surface area contributed by atoms with Crippen LogP contribution in [0.2, 0.25) is 5.02 Å². The van der Waals surface area contributed by atoms with E-state index in [1.807, 2.05) is 25.1 Å². The van der Waals surface area contributed by atoms with Gasteiger partial charge in [-0.15, -0.1) is 4.40 Å².